The fraction of sp³-hybridized carbons (Fsp3) is 0.500. The van der Waals surface area contributed by atoms with E-state index in [-0.39, 0.29) is 12.2 Å². The van der Waals surface area contributed by atoms with Gasteiger partial charge in [0.2, 0.25) is 0 Å². The molecule has 0 aliphatic heterocycles. The first-order chi connectivity index (χ1) is 14.4. The zero-order valence-electron chi connectivity index (χ0n) is 21.0. The van der Waals surface area contributed by atoms with E-state index in [1.807, 2.05) is 88.3 Å². The molecule has 0 amide bonds. The van der Waals surface area contributed by atoms with Gasteiger partial charge in [0.05, 0.1) is 0 Å². The summed E-state index contributed by atoms with van der Waals surface area (Å²) in [6, 6.07) is 9.03. The second kappa shape index (κ2) is 19.8. The summed E-state index contributed by atoms with van der Waals surface area (Å²) < 4.78 is 5.93. The van der Waals surface area contributed by atoms with Gasteiger partial charge in [0, 0.05) is 6.42 Å². The SMILES string of the molecule is CC.CC.CC.CC.Cc1cc(Oc2c(C)cc(CCC(=O)O)cc2C)ccc1O. The molecule has 2 aromatic carbocycles. The molecule has 0 heterocycles. The number of carboxylic acids is 1. The summed E-state index contributed by atoms with van der Waals surface area (Å²) in [6.07, 6.45) is 0.631. The number of carboxylic acid groups (broad SMARTS) is 1. The Bertz CT molecular complexity index is 683. The van der Waals surface area contributed by atoms with Crippen molar-refractivity contribution in [2.45, 2.75) is 89.0 Å². The molecule has 2 N–H and O–H groups in total. The summed E-state index contributed by atoms with van der Waals surface area (Å²) in [4.78, 5) is 10.7. The van der Waals surface area contributed by atoms with E-state index in [4.69, 9.17) is 9.84 Å². The average molecular weight is 421 g/mol. The average Bonchev–Trinajstić information content (AvgIpc) is 2.77. The van der Waals surface area contributed by atoms with E-state index in [1.165, 1.54) is 0 Å². The topological polar surface area (TPSA) is 66.8 Å². The molecule has 2 aromatic rings. The monoisotopic (exact) mass is 420 g/mol. The maximum Gasteiger partial charge on any atom is 0.303 e. The quantitative estimate of drug-likeness (QED) is 0.511. The van der Waals surface area contributed by atoms with Crippen molar-refractivity contribution in [2.24, 2.45) is 0 Å². The second-order valence-electron chi connectivity index (χ2n) is 5.50. The smallest absolute Gasteiger partial charge is 0.303 e. The Morgan fingerprint density at radius 3 is 1.67 bits per heavy atom. The molecule has 172 valence electrons. The highest BCUT2D eigenvalue weighted by atomic mass is 16.5. The first-order valence-electron chi connectivity index (χ1n) is 11.2. The molecule has 0 spiro atoms. The lowest BCUT2D eigenvalue weighted by molar-refractivity contribution is -0.136. The number of benzene rings is 2. The van der Waals surface area contributed by atoms with Gasteiger partial charge in [-0.25, -0.2) is 0 Å². The summed E-state index contributed by atoms with van der Waals surface area (Å²) in [5.41, 5.74) is 3.68. The van der Waals surface area contributed by atoms with Gasteiger partial charge in [-0.1, -0.05) is 67.5 Å². The maximum absolute atomic E-state index is 10.7. The van der Waals surface area contributed by atoms with Crippen LogP contribution in [0.3, 0.4) is 0 Å². The third-order valence-electron chi connectivity index (χ3n) is 3.54. The number of hydrogen-bond acceptors (Lipinski definition) is 3. The summed E-state index contributed by atoms with van der Waals surface area (Å²) in [5, 5.41) is 18.3. The van der Waals surface area contributed by atoms with Gasteiger partial charge in [-0.2, -0.15) is 0 Å². The van der Waals surface area contributed by atoms with Crippen LogP contribution in [-0.2, 0) is 11.2 Å². The van der Waals surface area contributed by atoms with Crippen molar-refractivity contribution < 1.29 is 19.7 Å². The van der Waals surface area contributed by atoms with E-state index in [2.05, 4.69) is 0 Å². The molecule has 0 atom stereocenters. The van der Waals surface area contributed by atoms with Crippen LogP contribution in [0, 0.1) is 20.8 Å². The van der Waals surface area contributed by atoms with Crippen LogP contribution in [0.5, 0.6) is 17.2 Å². The number of phenols is 1. The van der Waals surface area contributed by atoms with Crippen molar-refractivity contribution in [1.29, 1.82) is 0 Å². The first-order valence-corrected chi connectivity index (χ1v) is 11.2. The standard InChI is InChI=1S/C18H20O4.4C2H6/c1-11-10-15(5-6-16(11)19)22-18-12(2)8-14(9-13(18)3)4-7-17(20)21;4*1-2/h5-6,8-10,19H,4,7H2,1-3H3,(H,20,21);4*1-2H3. The van der Waals surface area contributed by atoms with Crippen LogP contribution in [0.1, 0.15) is 84.1 Å². The molecule has 0 aliphatic carbocycles. The third-order valence-corrected chi connectivity index (χ3v) is 3.54. The Morgan fingerprint density at radius 1 is 0.800 bits per heavy atom. The van der Waals surface area contributed by atoms with Gasteiger partial charge in [-0.3, -0.25) is 4.79 Å². The van der Waals surface area contributed by atoms with Gasteiger partial charge in [-0.05, 0) is 67.6 Å². The van der Waals surface area contributed by atoms with Gasteiger partial charge < -0.3 is 14.9 Å². The molecule has 0 aliphatic rings. The number of ether oxygens (including phenoxy) is 1. The molecule has 0 saturated heterocycles. The van der Waals surface area contributed by atoms with Gasteiger partial charge in [0.25, 0.3) is 0 Å². The van der Waals surface area contributed by atoms with Crippen molar-refractivity contribution in [3.8, 4) is 17.2 Å². The number of aliphatic carboxylic acids is 1. The van der Waals surface area contributed by atoms with Crippen LogP contribution in [0.4, 0.5) is 0 Å². The zero-order valence-corrected chi connectivity index (χ0v) is 21.0. The molecule has 30 heavy (non-hydrogen) atoms. The minimum atomic E-state index is -0.796. The molecule has 0 bridgehead atoms. The van der Waals surface area contributed by atoms with E-state index >= 15 is 0 Å². The summed E-state index contributed by atoms with van der Waals surface area (Å²) in [7, 11) is 0. The molecular weight excluding hydrogens is 376 g/mol. The Balaban J connectivity index is -0.000000815. The molecule has 2 rings (SSSR count). The molecule has 0 unspecified atom stereocenters. The Morgan fingerprint density at radius 2 is 1.27 bits per heavy atom. The first kappa shape index (κ1) is 32.2. The molecule has 0 saturated carbocycles. The van der Waals surface area contributed by atoms with Crippen molar-refractivity contribution in [1.82, 2.24) is 0 Å². The number of aryl methyl sites for hydroxylation is 4. The molecule has 4 nitrogen and oxygen atoms in total. The highest BCUT2D eigenvalue weighted by molar-refractivity contribution is 5.67. The van der Waals surface area contributed by atoms with E-state index in [9.17, 15) is 9.90 Å². The Labute approximate surface area is 184 Å². The lowest BCUT2D eigenvalue weighted by atomic mass is 10.0. The lowest BCUT2D eigenvalue weighted by Crippen LogP contribution is -1.99. The molecule has 0 radical (unpaired) electrons. The Kier molecular flexibility index (Phi) is 21.3. The van der Waals surface area contributed by atoms with Crippen molar-refractivity contribution in [2.75, 3.05) is 0 Å². The minimum absolute atomic E-state index is 0.121. The maximum atomic E-state index is 10.7. The van der Waals surface area contributed by atoms with Gasteiger partial charge in [0.15, 0.2) is 0 Å². The van der Waals surface area contributed by atoms with E-state index in [0.717, 1.165) is 28.0 Å². The molecular formula is C26H44O4. The van der Waals surface area contributed by atoms with Crippen LogP contribution in [0.25, 0.3) is 0 Å². The number of aromatic hydroxyl groups is 1. The van der Waals surface area contributed by atoms with Gasteiger partial charge in [0.1, 0.15) is 17.2 Å². The fourth-order valence-electron chi connectivity index (χ4n) is 2.41. The van der Waals surface area contributed by atoms with Crippen LogP contribution >= 0.6 is 0 Å². The van der Waals surface area contributed by atoms with Crippen LogP contribution < -0.4 is 4.74 Å². The van der Waals surface area contributed by atoms with Crippen molar-refractivity contribution >= 4 is 5.97 Å². The largest absolute Gasteiger partial charge is 0.508 e. The lowest BCUT2D eigenvalue weighted by Gasteiger charge is -2.14. The summed E-state index contributed by atoms with van der Waals surface area (Å²) >= 11 is 0. The van der Waals surface area contributed by atoms with E-state index in [1.54, 1.807) is 18.2 Å². The highest BCUT2D eigenvalue weighted by Gasteiger charge is 2.10. The van der Waals surface area contributed by atoms with Gasteiger partial charge >= 0.3 is 5.97 Å². The highest BCUT2D eigenvalue weighted by Crippen LogP contribution is 2.32. The molecule has 0 fully saturated rings. The predicted octanol–water partition coefficient (Wildman–Crippen LogP) is 8.23. The second-order valence-corrected chi connectivity index (χ2v) is 5.50. The number of phenolic OH excluding ortho intramolecular Hbond substituents is 1. The minimum Gasteiger partial charge on any atom is -0.508 e. The van der Waals surface area contributed by atoms with Crippen LogP contribution in [0.2, 0.25) is 0 Å². The Hall–Kier alpha value is -2.49. The van der Waals surface area contributed by atoms with Crippen molar-refractivity contribution in [3.63, 3.8) is 0 Å². The van der Waals surface area contributed by atoms with E-state index < -0.39 is 5.97 Å². The van der Waals surface area contributed by atoms with Crippen LogP contribution in [0.15, 0.2) is 30.3 Å². The number of carbonyl (C=O) groups is 1. The normalized spacial score (nSPS) is 8.50. The molecule has 4 heteroatoms. The van der Waals surface area contributed by atoms with Gasteiger partial charge in [-0.15, -0.1) is 0 Å². The number of rotatable bonds is 5. The third kappa shape index (κ3) is 12.2. The summed E-state index contributed by atoms with van der Waals surface area (Å²) in [5.74, 6) is 0.879. The zero-order chi connectivity index (χ0) is 24.3. The van der Waals surface area contributed by atoms with Crippen molar-refractivity contribution in [3.05, 3.63) is 52.6 Å². The fourth-order valence-corrected chi connectivity index (χ4v) is 2.41. The predicted molar refractivity (Wildman–Crippen MR) is 130 cm³/mol. The number of hydrogen-bond donors (Lipinski definition) is 2. The summed E-state index contributed by atoms with van der Waals surface area (Å²) in [6.45, 7) is 21.7. The molecule has 0 aromatic heterocycles. The van der Waals surface area contributed by atoms with E-state index in [0.29, 0.717) is 12.2 Å². The van der Waals surface area contributed by atoms with Crippen LogP contribution in [-0.4, -0.2) is 16.2 Å².